The fourth-order valence-corrected chi connectivity index (χ4v) is 4.60. The van der Waals surface area contributed by atoms with Crippen LogP contribution in [-0.2, 0) is 0 Å². The van der Waals surface area contributed by atoms with Gasteiger partial charge in [0.05, 0.1) is 23.4 Å². The number of hydrogen-bond donors (Lipinski definition) is 2. The molecule has 1 atom stereocenters. The molecule has 1 spiro atoms. The molecule has 7 nitrogen and oxygen atoms in total. The summed E-state index contributed by atoms with van der Waals surface area (Å²) in [4.78, 5) is 7.04. The Labute approximate surface area is 176 Å². The number of rotatable bonds is 4. The van der Waals surface area contributed by atoms with Crippen LogP contribution >= 0.6 is 0 Å². The molecule has 3 aromatic rings. The lowest BCUT2D eigenvalue weighted by molar-refractivity contribution is 0.120. The highest BCUT2D eigenvalue weighted by Crippen LogP contribution is 2.38. The standard InChI is InChI=1S/C23H25N7/c1-14-17(8-24)5-4-6-18(14)15(2)27-22-19-7-21(26-9-20(19)16(3)28-29-22)30-12-23(13-30)10-25-11-23/h4-7,9,15,25H,10-13H2,1-3H3,(H,27,29)/t15-/m1/s1. The highest BCUT2D eigenvalue weighted by atomic mass is 15.3. The minimum absolute atomic E-state index is 0.0107. The van der Waals surface area contributed by atoms with Crippen molar-refractivity contribution in [2.75, 3.05) is 36.4 Å². The number of nitrogens with one attached hydrogen (secondary N) is 2. The summed E-state index contributed by atoms with van der Waals surface area (Å²) >= 11 is 0. The van der Waals surface area contributed by atoms with Crippen molar-refractivity contribution in [2.24, 2.45) is 5.41 Å². The second kappa shape index (κ2) is 6.92. The van der Waals surface area contributed by atoms with E-state index in [2.05, 4.69) is 50.9 Å². The lowest BCUT2D eigenvalue weighted by Crippen LogP contribution is -2.71. The molecule has 1 aromatic carbocycles. The Kier molecular flexibility index (Phi) is 4.33. The van der Waals surface area contributed by atoms with Gasteiger partial charge in [-0.05, 0) is 44.0 Å². The summed E-state index contributed by atoms with van der Waals surface area (Å²) < 4.78 is 0. The van der Waals surface area contributed by atoms with Crippen LogP contribution in [0.4, 0.5) is 11.6 Å². The number of aryl methyl sites for hydroxylation is 1. The molecule has 5 rings (SSSR count). The van der Waals surface area contributed by atoms with Gasteiger partial charge in [-0.25, -0.2) is 4.98 Å². The Hall–Kier alpha value is -3.24. The van der Waals surface area contributed by atoms with E-state index in [0.29, 0.717) is 11.0 Å². The van der Waals surface area contributed by atoms with Crippen LogP contribution in [0.1, 0.15) is 35.3 Å². The van der Waals surface area contributed by atoms with Gasteiger partial charge in [0.2, 0.25) is 0 Å². The van der Waals surface area contributed by atoms with Crippen molar-refractivity contribution in [3.05, 3.63) is 52.8 Å². The quantitative estimate of drug-likeness (QED) is 0.697. The van der Waals surface area contributed by atoms with Crippen LogP contribution in [0.25, 0.3) is 10.8 Å². The van der Waals surface area contributed by atoms with Gasteiger partial charge < -0.3 is 15.5 Å². The van der Waals surface area contributed by atoms with E-state index < -0.39 is 0 Å². The first-order valence-electron chi connectivity index (χ1n) is 10.3. The number of fused-ring (bicyclic) bond motifs is 1. The van der Waals surface area contributed by atoms with E-state index in [-0.39, 0.29) is 6.04 Å². The van der Waals surface area contributed by atoms with Gasteiger partial charge in [0, 0.05) is 48.6 Å². The van der Waals surface area contributed by atoms with Crippen molar-refractivity contribution in [1.29, 1.82) is 5.26 Å². The summed E-state index contributed by atoms with van der Waals surface area (Å²) in [5.74, 6) is 1.74. The van der Waals surface area contributed by atoms with Gasteiger partial charge in [-0.15, -0.1) is 5.10 Å². The van der Waals surface area contributed by atoms with Gasteiger partial charge in [-0.3, -0.25) is 0 Å². The maximum Gasteiger partial charge on any atom is 0.157 e. The zero-order chi connectivity index (χ0) is 20.9. The van der Waals surface area contributed by atoms with E-state index in [1.807, 2.05) is 32.2 Å². The number of nitrogens with zero attached hydrogens (tertiary/aromatic N) is 5. The van der Waals surface area contributed by atoms with Crippen LogP contribution in [-0.4, -0.2) is 41.4 Å². The van der Waals surface area contributed by atoms with Crippen LogP contribution in [0, 0.1) is 30.6 Å². The normalized spacial score (nSPS) is 17.9. The highest BCUT2D eigenvalue weighted by Gasteiger charge is 2.47. The number of hydrogen-bond acceptors (Lipinski definition) is 7. The maximum absolute atomic E-state index is 9.35. The van der Waals surface area contributed by atoms with Crippen molar-refractivity contribution in [3.8, 4) is 6.07 Å². The van der Waals surface area contributed by atoms with Gasteiger partial charge in [-0.1, -0.05) is 12.1 Å². The summed E-state index contributed by atoms with van der Waals surface area (Å²) in [6.45, 7) is 10.3. The monoisotopic (exact) mass is 399 g/mol. The first-order chi connectivity index (χ1) is 14.5. The fraction of sp³-hybridized carbons (Fsp3) is 0.391. The van der Waals surface area contributed by atoms with E-state index in [1.165, 1.54) is 0 Å². The molecule has 0 saturated carbocycles. The lowest BCUT2D eigenvalue weighted by atomic mass is 9.74. The average Bonchev–Trinajstić information content (AvgIpc) is 2.68. The highest BCUT2D eigenvalue weighted by molar-refractivity contribution is 5.94. The third-order valence-corrected chi connectivity index (χ3v) is 6.53. The predicted molar refractivity (Wildman–Crippen MR) is 118 cm³/mol. The number of anilines is 2. The minimum Gasteiger partial charge on any atom is -0.362 e. The van der Waals surface area contributed by atoms with Crippen LogP contribution in [0.5, 0.6) is 0 Å². The molecule has 2 aromatic heterocycles. The predicted octanol–water partition coefficient (Wildman–Crippen LogP) is 3.10. The molecule has 2 fully saturated rings. The zero-order valence-electron chi connectivity index (χ0n) is 17.5. The molecule has 30 heavy (non-hydrogen) atoms. The molecule has 2 aliphatic rings. The van der Waals surface area contributed by atoms with E-state index >= 15 is 0 Å². The van der Waals surface area contributed by atoms with E-state index in [9.17, 15) is 5.26 Å². The molecule has 0 amide bonds. The number of nitriles is 1. The Morgan fingerprint density at radius 1 is 1.20 bits per heavy atom. The van der Waals surface area contributed by atoms with E-state index in [4.69, 9.17) is 4.98 Å². The summed E-state index contributed by atoms with van der Waals surface area (Å²) in [5, 5.41) is 27.1. The van der Waals surface area contributed by atoms with E-state index in [0.717, 1.165) is 65.4 Å². The second-order valence-electron chi connectivity index (χ2n) is 8.68. The topological polar surface area (TPSA) is 89.8 Å². The third-order valence-electron chi connectivity index (χ3n) is 6.53. The van der Waals surface area contributed by atoms with Crippen molar-refractivity contribution >= 4 is 22.4 Å². The Morgan fingerprint density at radius 2 is 2.00 bits per heavy atom. The van der Waals surface area contributed by atoms with Gasteiger partial charge in [0.25, 0.3) is 0 Å². The van der Waals surface area contributed by atoms with Crippen LogP contribution in [0.2, 0.25) is 0 Å². The number of pyridine rings is 1. The summed E-state index contributed by atoms with van der Waals surface area (Å²) in [6, 6.07) is 10.2. The second-order valence-corrected chi connectivity index (χ2v) is 8.68. The van der Waals surface area contributed by atoms with Gasteiger partial charge in [0.1, 0.15) is 5.82 Å². The van der Waals surface area contributed by atoms with Crippen molar-refractivity contribution in [1.82, 2.24) is 20.5 Å². The van der Waals surface area contributed by atoms with Gasteiger partial charge in [-0.2, -0.15) is 10.4 Å². The largest absolute Gasteiger partial charge is 0.362 e. The Morgan fingerprint density at radius 3 is 2.70 bits per heavy atom. The molecule has 0 bridgehead atoms. The molecule has 0 radical (unpaired) electrons. The fourth-order valence-electron chi connectivity index (χ4n) is 4.60. The zero-order valence-corrected chi connectivity index (χ0v) is 17.5. The Bertz CT molecular complexity index is 1170. The molecule has 7 heteroatoms. The molecule has 2 saturated heterocycles. The van der Waals surface area contributed by atoms with Gasteiger partial charge >= 0.3 is 0 Å². The average molecular weight is 400 g/mol. The molecular formula is C23H25N7. The van der Waals surface area contributed by atoms with Crippen molar-refractivity contribution in [3.63, 3.8) is 0 Å². The first-order valence-corrected chi connectivity index (χ1v) is 10.3. The molecule has 152 valence electrons. The summed E-state index contributed by atoms with van der Waals surface area (Å²) in [5.41, 5.74) is 4.09. The molecule has 4 heterocycles. The molecule has 2 N–H and O–H groups in total. The lowest BCUT2D eigenvalue weighted by Gasteiger charge is -2.56. The third kappa shape index (κ3) is 2.96. The Balaban J connectivity index is 1.47. The number of benzene rings is 1. The summed E-state index contributed by atoms with van der Waals surface area (Å²) in [6.07, 6.45) is 1.91. The van der Waals surface area contributed by atoms with Crippen LogP contribution in [0.15, 0.2) is 30.5 Å². The summed E-state index contributed by atoms with van der Waals surface area (Å²) in [7, 11) is 0. The number of aromatic nitrogens is 3. The van der Waals surface area contributed by atoms with Crippen LogP contribution < -0.4 is 15.5 Å². The molecular weight excluding hydrogens is 374 g/mol. The smallest absolute Gasteiger partial charge is 0.157 e. The molecule has 0 aliphatic carbocycles. The van der Waals surface area contributed by atoms with Crippen LogP contribution in [0.3, 0.4) is 0 Å². The van der Waals surface area contributed by atoms with Crippen molar-refractivity contribution < 1.29 is 0 Å². The minimum atomic E-state index is -0.0107. The molecule has 0 unspecified atom stereocenters. The maximum atomic E-state index is 9.35. The first kappa shape index (κ1) is 18.8. The van der Waals surface area contributed by atoms with E-state index in [1.54, 1.807) is 0 Å². The SMILES string of the molecule is Cc1c(C#N)cccc1[C@@H](C)Nc1nnc(C)c2cnc(N3CC4(CNC4)C3)cc12. The van der Waals surface area contributed by atoms with Gasteiger partial charge in [0.15, 0.2) is 5.82 Å². The van der Waals surface area contributed by atoms with Crippen molar-refractivity contribution in [2.45, 2.75) is 26.8 Å². The molecule has 2 aliphatic heterocycles.